The minimum Gasteiger partial charge on any atom is -0.462 e. The van der Waals surface area contributed by atoms with Crippen LogP contribution >= 0.6 is 0 Å². The van der Waals surface area contributed by atoms with Crippen LogP contribution in [0.25, 0.3) is 0 Å². The van der Waals surface area contributed by atoms with E-state index in [0.717, 1.165) is 89.9 Å². The van der Waals surface area contributed by atoms with Gasteiger partial charge in [-0.2, -0.15) is 0 Å². The molecular weight excluding hydrogens is 813 g/mol. The first-order chi connectivity index (χ1) is 32.6. The molecule has 0 aliphatic rings. The van der Waals surface area contributed by atoms with Gasteiger partial charge in [0.1, 0.15) is 6.61 Å². The summed E-state index contributed by atoms with van der Waals surface area (Å²) in [5.74, 6) is -0.598. The number of hydrogen-bond acceptors (Lipinski definition) is 5. The fraction of sp³-hybridized carbons (Fsp3) is 0.705. The lowest BCUT2D eigenvalue weighted by molar-refractivity contribution is -0.161. The minimum absolute atomic E-state index is 0.0704. The standard InChI is InChI=1S/C61H104O5/c1-3-5-7-9-11-13-15-16-17-18-19-20-21-22-23-24-25-26-27-28-29-30-31-32-33-34-35-36-37-38-39-40-41-42-43-44-46-48-50-52-54-56-61(64)66-59(57-62)58-65-60(63)55-53-51-49-47-45-14-12-10-8-6-4-2/h5,7,10-13,16-17,19-20,22-23,25-26,28-29,59,62H,3-4,6,8-9,14-15,18,21,24,27,30-58H2,1-2H3/b7-5-,12-10-,13-11-,17-16-,20-19-,23-22-,26-25-,29-28-. The number of aliphatic hydroxyl groups excluding tert-OH is 1. The normalized spacial score (nSPS) is 13.0. The van der Waals surface area contributed by atoms with Crippen molar-refractivity contribution in [2.75, 3.05) is 13.2 Å². The molecule has 0 saturated heterocycles. The van der Waals surface area contributed by atoms with Gasteiger partial charge < -0.3 is 14.6 Å². The molecule has 5 heteroatoms. The van der Waals surface area contributed by atoms with Gasteiger partial charge in [-0.25, -0.2) is 0 Å². The zero-order chi connectivity index (χ0) is 47.7. The second-order valence-corrected chi connectivity index (χ2v) is 18.3. The first kappa shape index (κ1) is 62.8. The Kier molecular flexibility index (Phi) is 53.4. The van der Waals surface area contributed by atoms with E-state index in [4.69, 9.17) is 9.47 Å². The van der Waals surface area contributed by atoms with Gasteiger partial charge >= 0.3 is 11.9 Å². The van der Waals surface area contributed by atoms with Gasteiger partial charge in [0.2, 0.25) is 0 Å². The van der Waals surface area contributed by atoms with Crippen LogP contribution in [0.4, 0.5) is 0 Å². The number of aliphatic hydroxyl groups is 1. The summed E-state index contributed by atoms with van der Waals surface area (Å²) in [4.78, 5) is 24.3. The fourth-order valence-electron chi connectivity index (χ4n) is 7.69. The minimum atomic E-state index is -0.776. The summed E-state index contributed by atoms with van der Waals surface area (Å²) >= 11 is 0. The van der Waals surface area contributed by atoms with Gasteiger partial charge in [0, 0.05) is 12.8 Å². The average molecular weight is 917 g/mol. The Morgan fingerprint density at radius 2 is 0.652 bits per heavy atom. The van der Waals surface area contributed by atoms with Crippen molar-refractivity contribution in [1.82, 2.24) is 0 Å². The van der Waals surface area contributed by atoms with E-state index in [9.17, 15) is 14.7 Å². The molecule has 0 aromatic heterocycles. The van der Waals surface area contributed by atoms with Crippen molar-refractivity contribution in [3.05, 3.63) is 97.2 Å². The zero-order valence-electron chi connectivity index (χ0n) is 43.2. The van der Waals surface area contributed by atoms with Crippen molar-refractivity contribution in [2.45, 2.75) is 264 Å². The summed E-state index contributed by atoms with van der Waals surface area (Å²) in [5, 5.41) is 9.60. The van der Waals surface area contributed by atoms with Gasteiger partial charge in [-0.05, 0) is 89.9 Å². The molecule has 0 radical (unpaired) electrons. The van der Waals surface area contributed by atoms with Crippen LogP contribution in [0.5, 0.6) is 0 Å². The summed E-state index contributed by atoms with van der Waals surface area (Å²) < 4.78 is 10.6. The van der Waals surface area contributed by atoms with Crippen LogP contribution in [0, 0.1) is 0 Å². The van der Waals surface area contributed by atoms with Crippen LogP contribution in [-0.2, 0) is 19.1 Å². The summed E-state index contributed by atoms with van der Waals surface area (Å²) in [6.45, 7) is 3.98. The highest BCUT2D eigenvalue weighted by atomic mass is 16.6. The molecule has 1 N–H and O–H groups in total. The summed E-state index contributed by atoms with van der Waals surface area (Å²) in [5.41, 5.74) is 0. The van der Waals surface area contributed by atoms with Crippen LogP contribution in [0.3, 0.4) is 0 Å². The number of rotatable bonds is 50. The number of carbonyl (C=O) groups excluding carboxylic acids is 2. The summed E-state index contributed by atoms with van der Waals surface area (Å²) in [7, 11) is 0. The van der Waals surface area contributed by atoms with E-state index < -0.39 is 6.10 Å². The molecular formula is C61H104O5. The Bertz CT molecular complexity index is 1270. The summed E-state index contributed by atoms with van der Waals surface area (Å²) in [6.07, 6.45) is 79.7. The molecule has 66 heavy (non-hydrogen) atoms. The Morgan fingerprint density at radius 1 is 0.364 bits per heavy atom. The Hall–Kier alpha value is -3.18. The topological polar surface area (TPSA) is 72.8 Å². The molecule has 0 spiro atoms. The maximum atomic E-state index is 12.3. The van der Waals surface area contributed by atoms with Crippen LogP contribution < -0.4 is 0 Å². The van der Waals surface area contributed by atoms with Crippen molar-refractivity contribution < 1.29 is 24.2 Å². The molecule has 0 rings (SSSR count). The van der Waals surface area contributed by atoms with Crippen LogP contribution in [0.2, 0.25) is 0 Å². The van der Waals surface area contributed by atoms with Gasteiger partial charge in [0.05, 0.1) is 6.61 Å². The molecule has 1 atom stereocenters. The maximum absolute atomic E-state index is 12.3. The second-order valence-electron chi connectivity index (χ2n) is 18.3. The highest BCUT2D eigenvalue weighted by molar-refractivity contribution is 5.70. The first-order valence-electron chi connectivity index (χ1n) is 27.8. The third-order valence-electron chi connectivity index (χ3n) is 11.9. The highest BCUT2D eigenvalue weighted by Crippen LogP contribution is 2.16. The van der Waals surface area contributed by atoms with Crippen molar-refractivity contribution >= 4 is 11.9 Å². The highest BCUT2D eigenvalue weighted by Gasteiger charge is 2.16. The largest absolute Gasteiger partial charge is 0.462 e. The lowest BCUT2D eigenvalue weighted by Gasteiger charge is -2.15. The molecule has 378 valence electrons. The molecule has 0 aromatic carbocycles. The predicted molar refractivity (Wildman–Crippen MR) is 288 cm³/mol. The Labute approximate surface area is 408 Å². The van der Waals surface area contributed by atoms with Crippen molar-refractivity contribution in [3.8, 4) is 0 Å². The average Bonchev–Trinajstić information content (AvgIpc) is 3.32. The van der Waals surface area contributed by atoms with Gasteiger partial charge in [0.15, 0.2) is 6.10 Å². The predicted octanol–water partition coefficient (Wildman–Crippen LogP) is 18.7. The zero-order valence-corrected chi connectivity index (χ0v) is 43.2. The first-order valence-corrected chi connectivity index (χ1v) is 27.8. The van der Waals surface area contributed by atoms with E-state index >= 15 is 0 Å². The number of hydrogen-bond donors (Lipinski definition) is 1. The van der Waals surface area contributed by atoms with Gasteiger partial charge in [0.25, 0.3) is 0 Å². The van der Waals surface area contributed by atoms with E-state index in [1.54, 1.807) is 0 Å². The SMILES string of the molecule is CC/C=C\C/C=C\C/C=C\C/C=C\C/C=C\C/C=C\C/C=C\CCCCCCCCCCCCCCCCCCCCCC(=O)OC(CO)COC(=O)CCCCCCC/C=C\CCCC. The number of allylic oxidation sites excluding steroid dienone is 16. The maximum Gasteiger partial charge on any atom is 0.306 e. The number of ether oxygens (including phenoxy) is 2. The molecule has 0 bridgehead atoms. The second kappa shape index (κ2) is 56.1. The molecule has 0 aromatic rings. The smallest absolute Gasteiger partial charge is 0.306 e. The summed E-state index contributed by atoms with van der Waals surface area (Å²) in [6, 6.07) is 0. The number of esters is 2. The van der Waals surface area contributed by atoms with E-state index in [2.05, 4.69) is 111 Å². The van der Waals surface area contributed by atoms with Gasteiger partial charge in [-0.3, -0.25) is 9.59 Å². The monoisotopic (exact) mass is 917 g/mol. The van der Waals surface area contributed by atoms with Crippen molar-refractivity contribution in [2.24, 2.45) is 0 Å². The lowest BCUT2D eigenvalue weighted by atomic mass is 10.0. The molecule has 0 aliphatic carbocycles. The van der Waals surface area contributed by atoms with E-state index in [0.29, 0.717) is 12.8 Å². The van der Waals surface area contributed by atoms with E-state index in [1.165, 1.54) is 141 Å². The van der Waals surface area contributed by atoms with Crippen LogP contribution in [-0.4, -0.2) is 36.4 Å². The molecule has 0 heterocycles. The van der Waals surface area contributed by atoms with Crippen molar-refractivity contribution in [1.29, 1.82) is 0 Å². The molecule has 0 saturated carbocycles. The molecule has 1 unspecified atom stereocenters. The fourth-order valence-corrected chi connectivity index (χ4v) is 7.69. The number of unbranched alkanes of at least 4 members (excludes halogenated alkanes) is 26. The van der Waals surface area contributed by atoms with E-state index in [1.807, 2.05) is 0 Å². The molecule has 0 fully saturated rings. The third kappa shape index (κ3) is 53.4. The quantitative estimate of drug-likeness (QED) is 0.0374. The van der Waals surface area contributed by atoms with Gasteiger partial charge in [-0.15, -0.1) is 0 Å². The van der Waals surface area contributed by atoms with Crippen LogP contribution in [0.1, 0.15) is 258 Å². The Morgan fingerprint density at radius 3 is 1.00 bits per heavy atom. The molecule has 0 aliphatic heterocycles. The Balaban J connectivity index is 3.45. The van der Waals surface area contributed by atoms with E-state index in [-0.39, 0.29) is 25.2 Å². The van der Waals surface area contributed by atoms with Crippen LogP contribution in [0.15, 0.2) is 97.2 Å². The molecule has 5 nitrogen and oxygen atoms in total. The third-order valence-corrected chi connectivity index (χ3v) is 11.9. The lowest BCUT2D eigenvalue weighted by Crippen LogP contribution is -2.28. The van der Waals surface area contributed by atoms with Gasteiger partial charge in [-0.1, -0.05) is 252 Å². The number of carbonyl (C=O) groups is 2. The van der Waals surface area contributed by atoms with Crippen molar-refractivity contribution in [3.63, 3.8) is 0 Å². The molecule has 0 amide bonds.